The molecule has 9 heteroatoms. The predicted molar refractivity (Wildman–Crippen MR) is 56.9 cm³/mol. The molecule has 0 aliphatic rings. The fourth-order valence-corrected chi connectivity index (χ4v) is 1.41. The van der Waals surface area contributed by atoms with Crippen LogP contribution in [0.2, 0.25) is 0 Å². The minimum absolute atomic E-state index is 0.223. The van der Waals surface area contributed by atoms with E-state index in [9.17, 15) is 31.1 Å². The largest absolute Gasteiger partial charge is 0.433 e. The molecule has 1 rings (SSSR count). The van der Waals surface area contributed by atoms with Crippen LogP contribution < -0.4 is 0 Å². The van der Waals surface area contributed by atoms with Gasteiger partial charge in [-0.2, -0.15) is 26.3 Å². The Hall–Kier alpha value is -1.80. The number of hydrogen-bond acceptors (Lipinski definition) is 2. The summed E-state index contributed by atoms with van der Waals surface area (Å²) >= 11 is 0. The molecular weight excluding hydrogens is 290 g/mol. The number of carbonyl (C=O) groups is 1. The molecule has 1 aromatic rings. The van der Waals surface area contributed by atoms with E-state index in [4.69, 9.17) is 0 Å². The normalized spacial score (nSPS) is 12.3. The van der Waals surface area contributed by atoms with Gasteiger partial charge >= 0.3 is 12.4 Å². The summed E-state index contributed by atoms with van der Waals surface area (Å²) in [4.78, 5) is 15.2. The Kier molecular flexibility index (Phi) is 4.61. The number of halogens is 6. The van der Waals surface area contributed by atoms with Crippen LogP contribution in [0.3, 0.4) is 0 Å². The molecule has 0 saturated carbocycles. The van der Waals surface area contributed by atoms with Crippen molar-refractivity contribution in [1.82, 2.24) is 9.88 Å². The Morgan fingerprint density at radius 1 is 1.20 bits per heavy atom. The number of hydrogen-bond donors (Lipinski definition) is 0. The SMILES string of the molecule is CCN(CC(F)(F)F)C(=O)c1ccc(C(F)(F)F)nc1. The van der Waals surface area contributed by atoms with Crippen molar-refractivity contribution in [1.29, 1.82) is 0 Å². The van der Waals surface area contributed by atoms with Crippen LogP contribution in [0.15, 0.2) is 18.3 Å². The lowest BCUT2D eigenvalue weighted by Crippen LogP contribution is -2.38. The highest BCUT2D eigenvalue weighted by Crippen LogP contribution is 2.27. The van der Waals surface area contributed by atoms with E-state index >= 15 is 0 Å². The van der Waals surface area contributed by atoms with E-state index in [1.165, 1.54) is 6.92 Å². The Morgan fingerprint density at radius 2 is 1.80 bits per heavy atom. The molecule has 0 atom stereocenters. The second-order valence-corrected chi connectivity index (χ2v) is 3.86. The maximum Gasteiger partial charge on any atom is 0.433 e. The van der Waals surface area contributed by atoms with Gasteiger partial charge in [0.15, 0.2) is 0 Å². The molecule has 0 bridgehead atoms. The van der Waals surface area contributed by atoms with Gasteiger partial charge in [-0.3, -0.25) is 9.78 Å². The van der Waals surface area contributed by atoms with Crippen molar-refractivity contribution in [3.8, 4) is 0 Å². The molecular formula is C11H10F6N2O. The van der Waals surface area contributed by atoms with Crippen LogP contribution >= 0.6 is 0 Å². The lowest BCUT2D eigenvalue weighted by Gasteiger charge is -2.22. The van der Waals surface area contributed by atoms with Crippen LogP contribution in [0, 0.1) is 0 Å². The van der Waals surface area contributed by atoms with Crippen LogP contribution in [-0.4, -0.2) is 35.1 Å². The van der Waals surface area contributed by atoms with Gasteiger partial charge in [0.1, 0.15) is 12.2 Å². The Morgan fingerprint density at radius 3 is 2.15 bits per heavy atom. The number of alkyl halides is 6. The molecule has 0 spiro atoms. The van der Waals surface area contributed by atoms with Gasteiger partial charge in [0.25, 0.3) is 5.91 Å². The number of pyridine rings is 1. The summed E-state index contributed by atoms with van der Waals surface area (Å²) < 4.78 is 73.5. The lowest BCUT2D eigenvalue weighted by molar-refractivity contribution is -0.141. The van der Waals surface area contributed by atoms with Gasteiger partial charge in [-0.05, 0) is 19.1 Å². The second-order valence-electron chi connectivity index (χ2n) is 3.86. The molecule has 1 aromatic heterocycles. The topological polar surface area (TPSA) is 33.2 Å². The van der Waals surface area contributed by atoms with E-state index in [1.54, 1.807) is 0 Å². The molecule has 0 radical (unpaired) electrons. The molecule has 0 fully saturated rings. The molecule has 0 aliphatic carbocycles. The van der Waals surface area contributed by atoms with Crippen LogP contribution in [0.5, 0.6) is 0 Å². The van der Waals surface area contributed by atoms with Crippen molar-refractivity contribution in [2.24, 2.45) is 0 Å². The minimum Gasteiger partial charge on any atom is -0.330 e. The van der Waals surface area contributed by atoms with Gasteiger partial charge in [-0.15, -0.1) is 0 Å². The van der Waals surface area contributed by atoms with Crippen LogP contribution in [-0.2, 0) is 6.18 Å². The van der Waals surface area contributed by atoms with Crippen molar-refractivity contribution in [3.63, 3.8) is 0 Å². The van der Waals surface area contributed by atoms with E-state index in [-0.39, 0.29) is 12.1 Å². The van der Waals surface area contributed by atoms with Crippen molar-refractivity contribution in [3.05, 3.63) is 29.6 Å². The summed E-state index contributed by atoms with van der Waals surface area (Å²) in [7, 11) is 0. The third-order valence-electron chi connectivity index (χ3n) is 2.34. The molecule has 0 aromatic carbocycles. The highest BCUT2D eigenvalue weighted by Gasteiger charge is 2.34. The molecule has 0 aliphatic heterocycles. The van der Waals surface area contributed by atoms with E-state index in [0.29, 0.717) is 17.2 Å². The summed E-state index contributed by atoms with van der Waals surface area (Å²) in [5.74, 6) is -1.02. The molecule has 0 unspecified atom stereocenters. The zero-order valence-corrected chi connectivity index (χ0v) is 10.2. The number of rotatable bonds is 3. The van der Waals surface area contributed by atoms with Crippen molar-refractivity contribution >= 4 is 5.91 Å². The third kappa shape index (κ3) is 4.39. The highest BCUT2D eigenvalue weighted by molar-refractivity contribution is 5.93. The molecule has 0 saturated heterocycles. The summed E-state index contributed by atoms with van der Waals surface area (Å²) in [5, 5.41) is 0. The number of nitrogens with zero attached hydrogens (tertiary/aromatic N) is 2. The van der Waals surface area contributed by atoms with Crippen LogP contribution in [0.4, 0.5) is 26.3 Å². The summed E-state index contributed by atoms with van der Waals surface area (Å²) in [6.45, 7) is -0.357. The van der Waals surface area contributed by atoms with Gasteiger partial charge in [-0.1, -0.05) is 0 Å². The maximum absolute atomic E-state index is 12.3. The zero-order valence-electron chi connectivity index (χ0n) is 10.2. The standard InChI is InChI=1S/C11H10F6N2O/c1-2-19(6-10(12,13)14)9(20)7-3-4-8(18-5-7)11(15,16)17/h3-5H,2,6H2,1H3. The Balaban J connectivity index is 2.91. The van der Waals surface area contributed by atoms with Gasteiger partial charge in [0.2, 0.25) is 0 Å². The molecule has 1 heterocycles. The first-order chi connectivity index (χ1) is 9.04. The van der Waals surface area contributed by atoms with E-state index in [2.05, 4.69) is 4.98 Å². The number of carbonyl (C=O) groups excluding carboxylic acids is 1. The second kappa shape index (κ2) is 5.68. The van der Waals surface area contributed by atoms with E-state index in [0.717, 1.165) is 6.07 Å². The quantitative estimate of drug-likeness (QED) is 0.804. The monoisotopic (exact) mass is 300 g/mol. The fourth-order valence-electron chi connectivity index (χ4n) is 1.41. The van der Waals surface area contributed by atoms with Gasteiger partial charge in [-0.25, -0.2) is 0 Å². The average Bonchev–Trinajstić information content (AvgIpc) is 2.33. The maximum atomic E-state index is 12.3. The molecule has 112 valence electrons. The number of amides is 1. The van der Waals surface area contributed by atoms with Crippen molar-refractivity contribution < 1.29 is 31.1 Å². The third-order valence-corrected chi connectivity index (χ3v) is 2.34. The van der Waals surface area contributed by atoms with Crippen molar-refractivity contribution in [2.75, 3.05) is 13.1 Å². The first-order valence-electron chi connectivity index (χ1n) is 5.44. The summed E-state index contributed by atoms with van der Waals surface area (Å²) in [6, 6.07) is 1.35. The Bertz CT molecular complexity index is 465. The molecule has 3 nitrogen and oxygen atoms in total. The predicted octanol–water partition coefficient (Wildman–Crippen LogP) is 3.12. The zero-order chi connectivity index (χ0) is 15.6. The summed E-state index contributed by atoms with van der Waals surface area (Å²) in [6.07, 6.45) is -8.63. The van der Waals surface area contributed by atoms with E-state index < -0.39 is 30.5 Å². The highest BCUT2D eigenvalue weighted by atomic mass is 19.4. The van der Waals surface area contributed by atoms with Crippen LogP contribution in [0.1, 0.15) is 23.0 Å². The van der Waals surface area contributed by atoms with Gasteiger partial charge in [0, 0.05) is 12.7 Å². The smallest absolute Gasteiger partial charge is 0.330 e. The number of aromatic nitrogens is 1. The molecule has 20 heavy (non-hydrogen) atoms. The molecule has 1 amide bonds. The minimum atomic E-state index is -4.67. The lowest BCUT2D eigenvalue weighted by atomic mass is 10.2. The van der Waals surface area contributed by atoms with Gasteiger partial charge in [0.05, 0.1) is 5.56 Å². The first kappa shape index (κ1) is 16.3. The molecule has 0 N–H and O–H groups in total. The Labute approximate surface area is 110 Å². The first-order valence-corrected chi connectivity index (χ1v) is 5.44. The summed E-state index contributed by atoms with van der Waals surface area (Å²) in [5.41, 5.74) is -1.54. The van der Waals surface area contributed by atoms with Crippen molar-refractivity contribution in [2.45, 2.75) is 19.3 Å². The van der Waals surface area contributed by atoms with Gasteiger partial charge < -0.3 is 4.90 Å². The average molecular weight is 300 g/mol. The van der Waals surface area contributed by atoms with E-state index in [1.807, 2.05) is 0 Å². The fraction of sp³-hybridized carbons (Fsp3) is 0.455. The van der Waals surface area contributed by atoms with Crippen LogP contribution in [0.25, 0.3) is 0 Å².